The Morgan fingerprint density at radius 1 is 1.39 bits per heavy atom. The molecule has 0 saturated heterocycles. The van der Waals surface area contributed by atoms with Gasteiger partial charge in [-0.2, -0.15) is 17.9 Å². The zero-order valence-corrected chi connectivity index (χ0v) is 16.1. The first-order valence-electron chi connectivity index (χ1n) is 7.50. The van der Waals surface area contributed by atoms with E-state index in [-0.39, 0.29) is 25.2 Å². The van der Waals surface area contributed by atoms with Gasteiger partial charge in [-0.25, -0.2) is 0 Å². The van der Waals surface area contributed by atoms with Crippen LogP contribution in [0.25, 0.3) is 0 Å². The third-order valence-corrected chi connectivity index (χ3v) is 3.88. The molecule has 0 bridgehead atoms. The molecule has 132 valence electrons. The third kappa shape index (κ3) is 7.97. The first-order valence-corrected chi connectivity index (χ1v) is 8.20. The van der Waals surface area contributed by atoms with Crippen LogP contribution in [0.3, 0.4) is 0 Å². The maximum atomic E-state index is 12.2. The van der Waals surface area contributed by atoms with Gasteiger partial charge in [-0.3, -0.25) is 10.6 Å². The highest BCUT2D eigenvalue weighted by molar-refractivity contribution is 7.92. The number of Topliss-reactive ketones (excluding diaryl/α,β-unsaturated/α-hetero) is 1. The summed E-state index contributed by atoms with van der Waals surface area (Å²) in [5.74, 6) is 7.05. The zero-order valence-electron chi connectivity index (χ0n) is 14.3. The summed E-state index contributed by atoms with van der Waals surface area (Å²) in [7, 11) is 3.26. The Morgan fingerprint density at radius 3 is 2.65 bits per heavy atom. The number of carbonyl (C=O) groups is 1. The van der Waals surface area contributed by atoms with Crippen LogP contribution in [0.4, 0.5) is 0 Å². The number of nitrogens with two attached hydrogens (primary N) is 1. The summed E-state index contributed by atoms with van der Waals surface area (Å²) < 4.78 is 12.1. The number of hydrogen-bond acceptors (Lipinski definition) is 6. The van der Waals surface area contributed by atoms with Crippen molar-refractivity contribution < 1.29 is 13.7 Å². The van der Waals surface area contributed by atoms with Crippen molar-refractivity contribution in [1.82, 2.24) is 4.41 Å². The highest BCUT2D eigenvalue weighted by Gasteiger charge is 2.15. The fourth-order valence-electron chi connectivity index (χ4n) is 2.04. The van der Waals surface area contributed by atoms with E-state index in [0.29, 0.717) is 17.9 Å². The Kier molecular flexibility index (Phi) is 11.2. The normalized spacial score (nSPS) is 11.7. The van der Waals surface area contributed by atoms with Crippen LogP contribution in [0.5, 0.6) is 11.5 Å². The molecule has 1 atom stereocenters. The molecule has 0 heterocycles. The summed E-state index contributed by atoms with van der Waals surface area (Å²) in [5, 5.41) is 0. The van der Waals surface area contributed by atoms with Crippen molar-refractivity contribution in [3.8, 4) is 11.5 Å². The average Bonchev–Trinajstić information content (AvgIpc) is 2.50. The van der Waals surface area contributed by atoms with Gasteiger partial charge in [-0.15, -0.1) is 0 Å². The molecular formula is C16H28N2O3S2. The lowest BCUT2D eigenvalue weighted by molar-refractivity contribution is -0.121. The first kappa shape index (κ1) is 22.1. The number of unbranched alkanes of at least 4 members (excludes halogenated alkanes) is 1. The van der Waals surface area contributed by atoms with Gasteiger partial charge >= 0.3 is 0 Å². The molecule has 0 aromatic heterocycles. The third-order valence-electron chi connectivity index (χ3n) is 3.39. The number of nitrogens with zero attached hydrogens (tertiary/aromatic N) is 1. The van der Waals surface area contributed by atoms with Gasteiger partial charge in [-0.1, -0.05) is 32.8 Å². The van der Waals surface area contributed by atoms with Crippen LogP contribution < -0.4 is 14.8 Å². The minimum atomic E-state index is 0. The fourth-order valence-corrected chi connectivity index (χ4v) is 2.37. The van der Waals surface area contributed by atoms with E-state index in [4.69, 9.17) is 14.8 Å². The molecule has 0 radical (unpaired) electrons. The molecule has 0 saturated carbocycles. The molecule has 5 nitrogen and oxygen atoms in total. The van der Waals surface area contributed by atoms with E-state index < -0.39 is 0 Å². The highest BCUT2D eigenvalue weighted by atomic mass is 32.2. The van der Waals surface area contributed by atoms with E-state index in [9.17, 15) is 4.79 Å². The summed E-state index contributed by atoms with van der Waals surface area (Å²) >= 11 is 1.01. The van der Waals surface area contributed by atoms with Gasteiger partial charge in [0.15, 0.2) is 23.7 Å². The lowest BCUT2D eigenvalue weighted by atomic mass is 9.95. The predicted molar refractivity (Wildman–Crippen MR) is 101 cm³/mol. The van der Waals surface area contributed by atoms with Gasteiger partial charge < -0.3 is 8.92 Å². The smallest absolute Gasteiger partial charge is 0.181 e. The van der Waals surface area contributed by atoms with Gasteiger partial charge in [0.2, 0.25) is 0 Å². The van der Waals surface area contributed by atoms with Crippen molar-refractivity contribution in [3.05, 3.63) is 23.8 Å². The number of benzene rings is 1. The van der Waals surface area contributed by atoms with Gasteiger partial charge in [0, 0.05) is 19.4 Å². The number of rotatable bonds is 10. The Bertz CT molecular complexity index is 484. The SMILES string of the molecule is CCCCC(C)C(=O)Cc1ccc(OC)c(OSN(C)N)c1.S. The molecule has 2 N–H and O–H groups in total. The van der Waals surface area contributed by atoms with Crippen LogP contribution in [0.15, 0.2) is 18.2 Å². The Morgan fingerprint density at radius 2 is 2.09 bits per heavy atom. The number of hydrogen-bond donors (Lipinski definition) is 1. The van der Waals surface area contributed by atoms with Crippen LogP contribution in [-0.2, 0) is 11.2 Å². The molecule has 0 aliphatic rings. The summed E-state index contributed by atoms with van der Waals surface area (Å²) in [6, 6.07) is 5.54. The van der Waals surface area contributed by atoms with Crippen molar-refractivity contribution >= 4 is 31.5 Å². The molecule has 0 aliphatic heterocycles. The van der Waals surface area contributed by atoms with Crippen molar-refractivity contribution in [2.75, 3.05) is 14.2 Å². The molecule has 0 aliphatic carbocycles. The van der Waals surface area contributed by atoms with Crippen molar-refractivity contribution in [3.63, 3.8) is 0 Å². The van der Waals surface area contributed by atoms with E-state index in [0.717, 1.165) is 37.1 Å². The number of hydrazine groups is 1. The number of ketones is 1. The first-order chi connectivity index (χ1) is 10.5. The second kappa shape index (κ2) is 11.6. The van der Waals surface area contributed by atoms with Crippen molar-refractivity contribution in [2.24, 2.45) is 11.8 Å². The quantitative estimate of drug-likeness (QED) is 0.298. The number of carbonyl (C=O) groups excluding carboxylic acids is 1. The van der Waals surface area contributed by atoms with E-state index in [2.05, 4.69) is 6.92 Å². The van der Waals surface area contributed by atoms with Crippen LogP contribution in [-0.4, -0.2) is 24.4 Å². The molecule has 1 aromatic rings. The lowest BCUT2D eigenvalue weighted by Crippen LogP contribution is -2.18. The maximum absolute atomic E-state index is 12.2. The monoisotopic (exact) mass is 360 g/mol. The Labute approximate surface area is 150 Å². The molecule has 23 heavy (non-hydrogen) atoms. The average molecular weight is 361 g/mol. The second-order valence-electron chi connectivity index (χ2n) is 5.38. The molecule has 7 heteroatoms. The molecule has 0 spiro atoms. The van der Waals surface area contributed by atoms with Crippen LogP contribution in [0, 0.1) is 5.92 Å². The minimum Gasteiger partial charge on any atom is -0.493 e. The standard InChI is InChI=1S/C16H26N2O3S.H2S/c1-5-6-7-12(2)14(19)10-13-8-9-15(20-4)16(11-13)21-22-18(3)17;/h8-9,11-12H,5-7,10,17H2,1-4H3;1H2. The number of methoxy groups -OCH3 is 1. The molecule has 1 rings (SSSR count). The van der Waals surface area contributed by atoms with Gasteiger partial charge in [0.25, 0.3) is 0 Å². The number of ether oxygens (including phenoxy) is 1. The van der Waals surface area contributed by atoms with Gasteiger partial charge in [0.1, 0.15) is 5.78 Å². The summed E-state index contributed by atoms with van der Waals surface area (Å²) in [5.41, 5.74) is 0.921. The topological polar surface area (TPSA) is 64.8 Å². The van der Waals surface area contributed by atoms with Crippen LogP contribution in [0.2, 0.25) is 0 Å². The summed E-state index contributed by atoms with van der Waals surface area (Å²) in [6.07, 6.45) is 3.56. The summed E-state index contributed by atoms with van der Waals surface area (Å²) in [6.45, 7) is 4.13. The molecule has 0 amide bonds. The molecule has 0 fully saturated rings. The second-order valence-corrected chi connectivity index (χ2v) is 6.27. The highest BCUT2D eigenvalue weighted by Crippen LogP contribution is 2.31. The molecule has 1 aromatic carbocycles. The van der Waals surface area contributed by atoms with E-state index in [1.54, 1.807) is 14.2 Å². The van der Waals surface area contributed by atoms with Crippen LogP contribution >= 0.6 is 25.7 Å². The molecule has 1 unspecified atom stereocenters. The zero-order chi connectivity index (χ0) is 16.5. The lowest BCUT2D eigenvalue weighted by Gasteiger charge is -2.14. The van der Waals surface area contributed by atoms with Gasteiger partial charge in [-0.05, 0) is 24.1 Å². The minimum absolute atomic E-state index is 0. The van der Waals surface area contributed by atoms with Crippen molar-refractivity contribution in [1.29, 1.82) is 0 Å². The van der Waals surface area contributed by atoms with Crippen LogP contribution in [0.1, 0.15) is 38.7 Å². The van der Waals surface area contributed by atoms with Crippen molar-refractivity contribution in [2.45, 2.75) is 39.5 Å². The summed E-state index contributed by atoms with van der Waals surface area (Å²) in [4.78, 5) is 12.2. The van der Waals surface area contributed by atoms with E-state index >= 15 is 0 Å². The Balaban J connectivity index is 0.00000484. The molecular weight excluding hydrogens is 332 g/mol. The fraction of sp³-hybridized carbons (Fsp3) is 0.562. The predicted octanol–water partition coefficient (Wildman–Crippen LogP) is 3.49. The van der Waals surface area contributed by atoms with E-state index in [1.807, 2.05) is 25.1 Å². The Hall–Kier alpha value is -0.890. The maximum Gasteiger partial charge on any atom is 0.181 e. The largest absolute Gasteiger partial charge is 0.493 e. The van der Waals surface area contributed by atoms with Gasteiger partial charge in [0.05, 0.1) is 7.11 Å². The van der Waals surface area contributed by atoms with E-state index in [1.165, 1.54) is 4.41 Å².